The molecule has 0 spiro atoms. The number of hydrogen-bond donors (Lipinski definition) is 1. The van der Waals surface area contributed by atoms with Gasteiger partial charge >= 0.3 is 0 Å². The summed E-state index contributed by atoms with van der Waals surface area (Å²) in [6, 6.07) is 31.3. The van der Waals surface area contributed by atoms with Crippen LogP contribution in [-0.4, -0.2) is 14.1 Å². The summed E-state index contributed by atoms with van der Waals surface area (Å²) in [4.78, 5) is 0.0490. The summed E-state index contributed by atoms with van der Waals surface area (Å²) in [5, 5.41) is 12.7. The Morgan fingerprint density at radius 2 is 1.46 bits per heavy atom. The fraction of sp³-hybridized carbons (Fsp3) is 0.0741. The van der Waals surface area contributed by atoms with Crippen LogP contribution in [0.5, 0.6) is 11.5 Å². The van der Waals surface area contributed by atoms with Crippen molar-refractivity contribution in [3.63, 3.8) is 0 Å². The van der Waals surface area contributed by atoms with E-state index in [-0.39, 0.29) is 10.9 Å². The molecular weight excluding hydrogens is 482 g/mol. The van der Waals surface area contributed by atoms with E-state index in [4.69, 9.17) is 26.6 Å². The van der Waals surface area contributed by atoms with Crippen LogP contribution in [0.3, 0.4) is 0 Å². The Balaban J connectivity index is 1.47. The van der Waals surface area contributed by atoms with Crippen LogP contribution in [0.15, 0.2) is 113 Å². The van der Waals surface area contributed by atoms with Gasteiger partial charge in [0.25, 0.3) is 0 Å². The van der Waals surface area contributed by atoms with Crippen molar-refractivity contribution in [2.45, 2.75) is 17.4 Å². The molecule has 5 rings (SSSR count). The second-order valence-corrected chi connectivity index (χ2v) is 10.1. The lowest BCUT2D eigenvalue weighted by atomic mass is 9.98. The monoisotopic (exact) mass is 503 g/mol. The van der Waals surface area contributed by atoms with Gasteiger partial charge in [-0.15, -0.1) is 0 Å². The number of para-hydroxylation sites is 1. The highest BCUT2D eigenvalue weighted by atomic mass is 35.5. The predicted octanol–water partition coefficient (Wildman–Crippen LogP) is 6.14. The lowest BCUT2D eigenvalue weighted by molar-refractivity contribution is 0.482. The largest absolute Gasteiger partial charge is 0.457 e. The maximum absolute atomic E-state index is 11.7. The van der Waals surface area contributed by atoms with E-state index in [1.54, 1.807) is 12.1 Å². The third-order valence-corrected chi connectivity index (χ3v) is 7.04. The van der Waals surface area contributed by atoms with Crippen LogP contribution in [0, 0.1) is 0 Å². The second-order valence-electron chi connectivity index (χ2n) is 8.11. The number of rotatable bonds is 6. The highest BCUT2D eigenvalue weighted by molar-refractivity contribution is 7.89. The highest BCUT2D eigenvalue weighted by Crippen LogP contribution is 2.39. The number of hydrazone groups is 1. The second kappa shape index (κ2) is 9.54. The first-order valence-electron chi connectivity index (χ1n) is 11.0. The molecule has 1 aliphatic rings. The van der Waals surface area contributed by atoms with E-state index >= 15 is 0 Å². The number of ether oxygens (including phenoxy) is 1. The van der Waals surface area contributed by atoms with Crippen LogP contribution < -0.4 is 14.9 Å². The number of hydrogen-bond acceptors (Lipinski definition) is 5. The molecule has 6 nitrogen and oxygen atoms in total. The molecule has 35 heavy (non-hydrogen) atoms. The van der Waals surface area contributed by atoms with Gasteiger partial charge in [0.2, 0.25) is 10.0 Å². The van der Waals surface area contributed by atoms with Crippen LogP contribution in [0.4, 0.5) is 5.69 Å². The number of anilines is 1. The Morgan fingerprint density at radius 1 is 0.829 bits per heavy atom. The summed E-state index contributed by atoms with van der Waals surface area (Å²) in [7, 11) is -3.78. The van der Waals surface area contributed by atoms with E-state index in [2.05, 4.69) is 0 Å². The van der Waals surface area contributed by atoms with Gasteiger partial charge in [-0.3, -0.25) is 5.01 Å². The fourth-order valence-electron chi connectivity index (χ4n) is 4.04. The van der Waals surface area contributed by atoms with Gasteiger partial charge in [-0.25, -0.2) is 13.6 Å². The summed E-state index contributed by atoms with van der Waals surface area (Å²) >= 11 is 6.54. The molecule has 0 fully saturated rings. The molecule has 2 N–H and O–H groups in total. The zero-order valence-corrected chi connectivity index (χ0v) is 20.2. The number of nitrogens with zero attached hydrogens (tertiary/aromatic N) is 2. The molecule has 0 aliphatic carbocycles. The molecule has 176 valence electrons. The zero-order valence-electron chi connectivity index (χ0n) is 18.6. The van der Waals surface area contributed by atoms with Crippen LogP contribution in [0.25, 0.3) is 0 Å². The minimum absolute atomic E-state index is 0.0490. The molecule has 0 aromatic heterocycles. The fourth-order valence-corrected chi connectivity index (χ4v) is 4.82. The molecule has 0 radical (unpaired) electrons. The number of sulfonamides is 1. The number of benzene rings is 4. The van der Waals surface area contributed by atoms with Crippen LogP contribution in [0.2, 0.25) is 5.02 Å². The molecule has 0 saturated carbocycles. The lowest BCUT2D eigenvalue weighted by Crippen LogP contribution is -2.19. The number of halogens is 1. The quantitative estimate of drug-likeness (QED) is 0.342. The molecule has 1 heterocycles. The van der Waals surface area contributed by atoms with Crippen molar-refractivity contribution in [1.82, 2.24) is 0 Å². The molecule has 8 heteroatoms. The Morgan fingerprint density at radius 3 is 2.11 bits per heavy atom. The summed E-state index contributed by atoms with van der Waals surface area (Å²) in [6.45, 7) is 0. The van der Waals surface area contributed by atoms with Crippen molar-refractivity contribution < 1.29 is 13.2 Å². The van der Waals surface area contributed by atoms with Crippen LogP contribution in [0.1, 0.15) is 23.6 Å². The summed E-state index contributed by atoms with van der Waals surface area (Å²) in [5.41, 5.74) is 3.52. The lowest BCUT2D eigenvalue weighted by Gasteiger charge is -2.24. The van der Waals surface area contributed by atoms with Gasteiger partial charge < -0.3 is 4.74 Å². The third-order valence-electron chi connectivity index (χ3n) is 5.77. The van der Waals surface area contributed by atoms with Gasteiger partial charge in [-0.1, -0.05) is 48.0 Å². The average Bonchev–Trinajstić information content (AvgIpc) is 3.30. The molecule has 4 aromatic rings. The van der Waals surface area contributed by atoms with Crippen molar-refractivity contribution in [1.29, 1.82) is 0 Å². The Kier molecular flexibility index (Phi) is 6.30. The predicted molar refractivity (Wildman–Crippen MR) is 139 cm³/mol. The van der Waals surface area contributed by atoms with Crippen molar-refractivity contribution in [3.05, 3.63) is 119 Å². The normalized spacial score (nSPS) is 15.7. The smallest absolute Gasteiger partial charge is 0.238 e. The van der Waals surface area contributed by atoms with Gasteiger partial charge in [0.15, 0.2) is 0 Å². The van der Waals surface area contributed by atoms with Gasteiger partial charge in [-0.2, -0.15) is 5.10 Å². The van der Waals surface area contributed by atoms with Gasteiger partial charge in [0.05, 0.1) is 22.3 Å². The third kappa shape index (κ3) is 5.07. The van der Waals surface area contributed by atoms with Crippen molar-refractivity contribution >= 4 is 33.0 Å². The minimum Gasteiger partial charge on any atom is -0.457 e. The molecule has 1 unspecified atom stereocenters. The average molecular weight is 504 g/mol. The first-order valence-corrected chi connectivity index (χ1v) is 12.9. The minimum atomic E-state index is -3.78. The van der Waals surface area contributed by atoms with Crippen LogP contribution in [-0.2, 0) is 10.0 Å². The summed E-state index contributed by atoms with van der Waals surface area (Å²) in [5.74, 6) is 1.50. The molecule has 1 aliphatic heterocycles. The van der Waals surface area contributed by atoms with Crippen molar-refractivity contribution in [3.8, 4) is 11.5 Å². The molecular formula is C27H22ClN3O3S. The van der Waals surface area contributed by atoms with Gasteiger partial charge in [0.1, 0.15) is 11.5 Å². The first-order chi connectivity index (χ1) is 16.9. The van der Waals surface area contributed by atoms with Crippen LogP contribution >= 0.6 is 11.6 Å². The van der Waals surface area contributed by atoms with E-state index < -0.39 is 10.0 Å². The maximum atomic E-state index is 11.7. The first kappa shape index (κ1) is 23.1. The Hall–Kier alpha value is -3.65. The Labute approximate surface area is 209 Å². The topological polar surface area (TPSA) is 85.0 Å². The van der Waals surface area contributed by atoms with Crippen molar-refractivity contribution in [2.24, 2.45) is 10.2 Å². The van der Waals surface area contributed by atoms with Gasteiger partial charge in [0, 0.05) is 11.4 Å². The van der Waals surface area contributed by atoms with E-state index in [9.17, 15) is 8.42 Å². The zero-order chi connectivity index (χ0) is 24.4. The van der Waals surface area contributed by atoms with Crippen molar-refractivity contribution in [2.75, 3.05) is 5.01 Å². The molecule has 1 atom stereocenters. The van der Waals surface area contributed by atoms with E-state index in [0.717, 1.165) is 34.0 Å². The summed E-state index contributed by atoms with van der Waals surface area (Å²) in [6.07, 6.45) is 0.625. The molecule has 0 bridgehead atoms. The molecule has 0 amide bonds. The van der Waals surface area contributed by atoms with E-state index in [0.29, 0.717) is 11.4 Å². The maximum Gasteiger partial charge on any atom is 0.238 e. The van der Waals surface area contributed by atoms with Gasteiger partial charge in [-0.05, 0) is 77.9 Å². The number of primary sulfonamides is 1. The highest BCUT2D eigenvalue weighted by Gasteiger charge is 2.31. The van der Waals surface area contributed by atoms with E-state index in [1.165, 1.54) is 12.1 Å². The standard InChI is InChI=1S/C27H22ClN3O3S/c28-25-9-5-4-8-24(25)27-18-26(30-31(27)20-12-16-23(17-13-20)35(29,32)33)19-10-14-22(15-11-19)34-21-6-2-1-3-7-21/h1-17,27H,18H2,(H2,29,32,33). The summed E-state index contributed by atoms with van der Waals surface area (Å²) < 4.78 is 29.3. The van der Waals surface area contributed by atoms with E-state index in [1.807, 2.05) is 83.9 Å². The molecule has 0 saturated heterocycles. The number of nitrogens with two attached hydrogens (primary N) is 1. The SMILES string of the molecule is NS(=O)(=O)c1ccc(N2N=C(c3ccc(Oc4ccccc4)cc3)CC2c2ccccc2Cl)cc1. The molecule has 4 aromatic carbocycles. The Bertz CT molecular complexity index is 1470.